The average Bonchev–Trinajstić information content (AvgIpc) is 2.62. The van der Waals surface area contributed by atoms with E-state index in [0.717, 1.165) is 18.8 Å². The molecule has 2 rings (SSSR count). The monoisotopic (exact) mass is 179 g/mol. The molecule has 0 amide bonds. The minimum atomic E-state index is -0.0528. The highest BCUT2D eigenvalue weighted by atomic mass is 16.3. The first-order valence-corrected chi connectivity index (χ1v) is 4.54. The van der Waals surface area contributed by atoms with E-state index in [1.165, 1.54) is 18.9 Å². The van der Waals surface area contributed by atoms with Crippen LogP contribution < -0.4 is 4.90 Å². The largest absolute Gasteiger partial charge is 0.504 e. The quantitative estimate of drug-likeness (QED) is 0.645. The molecule has 0 unspecified atom stereocenters. The van der Waals surface area contributed by atoms with Crippen molar-refractivity contribution in [2.45, 2.75) is 12.8 Å². The molecule has 2 N–H and O–H groups in total. The third-order valence-electron chi connectivity index (χ3n) is 2.43. The molecule has 0 aliphatic carbocycles. The van der Waals surface area contributed by atoms with E-state index in [2.05, 4.69) is 4.90 Å². The number of phenols is 2. The Kier molecular flexibility index (Phi) is 2.00. The summed E-state index contributed by atoms with van der Waals surface area (Å²) in [4.78, 5) is 2.21. The normalized spacial score (nSPS) is 16.5. The van der Waals surface area contributed by atoms with Gasteiger partial charge in [0.2, 0.25) is 0 Å². The fourth-order valence-electron chi connectivity index (χ4n) is 1.68. The molecule has 0 spiro atoms. The zero-order chi connectivity index (χ0) is 9.26. The zero-order valence-electron chi connectivity index (χ0n) is 7.40. The Labute approximate surface area is 77.2 Å². The molecule has 0 aromatic heterocycles. The Hall–Kier alpha value is -1.38. The Morgan fingerprint density at radius 1 is 1.00 bits per heavy atom. The number of rotatable bonds is 1. The fraction of sp³-hybridized carbons (Fsp3) is 0.400. The van der Waals surface area contributed by atoms with Crippen molar-refractivity contribution in [3.8, 4) is 11.5 Å². The van der Waals surface area contributed by atoms with Gasteiger partial charge < -0.3 is 15.1 Å². The lowest BCUT2D eigenvalue weighted by atomic mass is 10.2. The first-order chi connectivity index (χ1) is 6.27. The van der Waals surface area contributed by atoms with E-state index in [4.69, 9.17) is 5.11 Å². The van der Waals surface area contributed by atoms with Gasteiger partial charge in [0, 0.05) is 24.8 Å². The van der Waals surface area contributed by atoms with Crippen molar-refractivity contribution in [3.63, 3.8) is 0 Å². The molecule has 3 nitrogen and oxygen atoms in total. The van der Waals surface area contributed by atoms with E-state index in [0.29, 0.717) is 0 Å². The van der Waals surface area contributed by atoms with Crippen LogP contribution in [-0.2, 0) is 0 Å². The second-order valence-corrected chi connectivity index (χ2v) is 3.37. The Bertz CT molecular complexity index is 306. The Morgan fingerprint density at radius 3 is 2.31 bits per heavy atom. The second-order valence-electron chi connectivity index (χ2n) is 3.37. The number of hydrogen-bond donors (Lipinski definition) is 2. The zero-order valence-corrected chi connectivity index (χ0v) is 7.40. The maximum absolute atomic E-state index is 9.28. The Morgan fingerprint density at radius 2 is 1.69 bits per heavy atom. The van der Waals surface area contributed by atoms with Crippen LogP contribution in [0.3, 0.4) is 0 Å². The lowest BCUT2D eigenvalue weighted by Gasteiger charge is -2.17. The first kappa shape index (κ1) is 8.23. The number of aromatic hydroxyl groups is 2. The number of benzene rings is 1. The van der Waals surface area contributed by atoms with Crippen LogP contribution in [0.5, 0.6) is 11.5 Å². The molecular weight excluding hydrogens is 166 g/mol. The third-order valence-corrected chi connectivity index (χ3v) is 2.43. The maximum atomic E-state index is 9.28. The lowest BCUT2D eigenvalue weighted by molar-refractivity contribution is 0.404. The van der Waals surface area contributed by atoms with Crippen molar-refractivity contribution in [1.82, 2.24) is 0 Å². The molecule has 0 saturated carbocycles. The highest BCUT2D eigenvalue weighted by Crippen LogP contribution is 2.30. The van der Waals surface area contributed by atoms with Gasteiger partial charge in [0.05, 0.1) is 0 Å². The minimum absolute atomic E-state index is 0.0376. The van der Waals surface area contributed by atoms with Crippen molar-refractivity contribution < 1.29 is 10.2 Å². The van der Waals surface area contributed by atoms with E-state index in [1.807, 2.05) is 6.07 Å². The van der Waals surface area contributed by atoms with Crippen LogP contribution >= 0.6 is 0 Å². The SMILES string of the molecule is Oc1ccc(N2CCCC2)cc1O. The standard InChI is InChI=1S/C10H13NO2/c12-9-4-3-8(7-10(9)13)11-5-1-2-6-11/h3-4,7,12-13H,1-2,5-6H2. The summed E-state index contributed by atoms with van der Waals surface area (Å²) in [5, 5.41) is 18.4. The van der Waals surface area contributed by atoms with E-state index in [1.54, 1.807) is 6.07 Å². The summed E-state index contributed by atoms with van der Waals surface area (Å²) in [6.45, 7) is 2.09. The van der Waals surface area contributed by atoms with E-state index in [-0.39, 0.29) is 11.5 Å². The molecule has 1 aromatic rings. The van der Waals surface area contributed by atoms with Crippen molar-refractivity contribution in [1.29, 1.82) is 0 Å². The summed E-state index contributed by atoms with van der Waals surface area (Å²) in [5.41, 5.74) is 0.993. The van der Waals surface area contributed by atoms with Crippen molar-refractivity contribution in [3.05, 3.63) is 18.2 Å². The smallest absolute Gasteiger partial charge is 0.159 e. The van der Waals surface area contributed by atoms with Gasteiger partial charge in [-0.15, -0.1) is 0 Å². The van der Waals surface area contributed by atoms with Gasteiger partial charge in [0.1, 0.15) is 0 Å². The first-order valence-electron chi connectivity index (χ1n) is 4.54. The van der Waals surface area contributed by atoms with Crippen LogP contribution in [0.2, 0.25) is 0 Å². The molecule has 0 bridgehead atoms. The van der Waals surface area contributed by atoms with Gasteiger partial charge in [-0.25, -0.2) is 0 Å². The van der Waals surface area contributed by atoms with Crippen LogP contribution in [0, 0.1) is 0 Å². The predicted molar refractivity (Wildman–Crippen MR) is 51.2 cm³/mol. The van der Waals surface area contributed by atoms with E-state index >= 15 is 0 Å². The summed E-state index contributed by atoms with van der Waals surface area (Å²) >= 11 is 0. The molecule has 1 fully saturated rings. The number of anilines is 1. The maximum Gasteiger partial charge on any atom is 0.159 e. The predicted octanol–water partition coefficient (Wildman–Crippen LogP) is 1.70. The van der Waals surface area contributed by atoms with Gasteiger partial charge >= 0.3 is 0 Å². The van der Waals surface area contributed by atoms with E-state index in [9.17, 15) is 5.11 Å². The molecule has 1 aromatic carbocycles. The lowest BCUT2D eigenvalue weighted by Crippen LogP contribution is -2.17. The van der Waals surface area contributed by atoms with Crippen LogP contribution in [0.15, 0.2) is 18.2 Å². The molecule has 1 aliphatic rings. The summed E-state index contributed by atoms with van der Waals surface area (Å²) < 4.78 is 0. The van der Waals surface area contributed by atoms with Crippen LogP contribution in [0.4, 0.5) is 5.69 Å². The number of nitrogens with zero attached hydrogens (tertiary/aromatic N) is 1. The molecule has 3 heteroatoms. The summed E-state index contributed by atoms with van der Waals surface area (Å²) in [6.07, 6.45) is 2.42. The second kappa shape index (κ2) is 3.17. The molecule has 70 valence electrons. The molecule has 1 saturated heterocycles. The van der Waals surface area contributed by atoms with Gasteiger partial charge in [-0.1, -0.05) is 0 Å². The fourth-order valence-corrected chi connectivity index (χ4v) is 1.68. The van der Waals surface area contributed by atoms with Crippen molar-refractivity contribution in [2.24, 2.45) is 0 Å². The Balaban J connectivity index is 2.25. The van der Waals surface area contributed by atoms with Gasteiger partial charge in [0.25, 0.3) is 0 Å². The van der Waals surface area contributed by atoms with Gasteiger partial charge in [-0.2, -0.15) is 0 Å². The van der Waals surface area contributed by atoms with Crippen LogP contribution in [0.25, 0.3) is 0 Å². The van der Waals surface area contributed by atoms with Crippen LogP contribution in [-0.4, -0.2) is 23.3 Å². The summed E-state index contributed by atoms with van der Waals surface area (Å²) in [5.74, 6) is -0.0904. The van der Waals surface area contributed by atoms with Gasteiger partial charge in [-0.3, -0.25) is 0 Å². The number of hydrogen-bond acceptors (Lipinski definition) is 3. The highest BCUT2D eigenvalue weighted by Gasteiger charge is 2.13. The third kappa shape index (κ3) is 1.54. The molecule has 0 radical (unpaired) electrons. The van der Waals surface area contributed by atoms with Gasteiger partial charge in [0.15, 0.2) is 11.5 Å². The van der Waals surface area contributed by atoms with Crippen molar-refractivity contribution >= 4 is 5.69 Å². The molecule has 1 aliphatic heterocycles. The molecule has 13 heavy (non-hydrogen) atoms. The van der Waals surface area contributed by atoms with Crippen LogP contribution in [0.1, 0.15) is 12.8 Å². The number of phenolic OH excluding ortho intramolecular Hbond substituents is 2. The average molecular weight is 179 g/mol. The topological polar surface area (TPSA) is 43.7 Å². The van der Waals surface area contributed by atoms with Crippen molar-refractivity contribution in [2.75, 3.05) is 18.0 Å². The van der Waals surface area contributed by atoms with Gasteiger partial charge in [-0.05, 0) is 25.0 Å². The molecule has 1 heterocycles. The highest BCUT2D eigenvalue weighted by molar-refractivity contribution is 5.55. The summed E-state index contributed by atoms with van der Waals surface area (Å²) in [7, 11) is 0. The minimum Gasteiger partial charge on any atom is -0.504 e. The molecular formula is C10H13NO2. The summed E-state index contributed by atoms with van der Waals surface area (Å²) in [6, 6.07) is 4.98. The van der Waals surface area contributed by atoms with E-state index < -0.39 is 0 Å². The molecule has 0 atom stereocenters.